The van der Waals surface area contributed by atoms with Gasteiger partial charge in [-0.25, -0.2) is 4.39 Å². The SMILES string of the molecule is COC(=O)Cc1ccc2c(c1)NC(=O)[C@H](C)CCC[C@H](NC(=O)c1noc(-c3cccc(Cl)c3F)c1C)c1cc-2ccn1. The Kier molecular flexibility index (Phi) is 8.86. The van der Waals surface area contributed by atoms with Crippen LogP contribution in [0.2, 0.25) is 5.02 Å². The smallest absolute Gasteiger partial charge is 0.309 e. The highest BCUT2D eigenvalue weighted by atomic mass is 35.5. The highest BCUT2D eigenvalue weighted by Crippen LogP contribution is 2.34. The summed E-state index contributed by atoms with van der Waals surface area (Å²) in [6.07, 6.45) is 3.41. The standard InChI is InChI=1S/C32H30ClFN4O5/c1-17-6-4-9-24(36-32(41)29-18(2)30(43-38-29)22-7-5-8-23(33)28(22)34)26-16-20(12-13-35-26)21-11-10-19(15-27(39)42-3)14-25(21)37-31(17)40/h5,7-8,10-14,16-17,24H,4,6,9,15H2,1-3H3,(H,36,41)(H,37,40)/t17-,24+/m1/s1. The molecule has 2 bridgehead atoms. The number of aromatic nitrogens is 2. The first-order valence-corrected chi connectivity index (χ1v) is 14.2. The van der Waals surface area contributed by atoms with E-state index in [-0.39, 0.29) is 46.3 Å². The molecule has 1 aliphatic heterocycles. The van der Waals surface area contributed by atoms with Gasteiger partial charge < -0.3 is 19.9 Å². The molecule has 5 rings (SSSR count). The molecule has 0 spiro atoms. The number of amides is 2. The number of methoxy groups -OCH3 is 1. The Balaban J connectivity index is 1.48. The topological polar surface area (TPSA) is 123 Å². The number of anilines is 1. The van der Waals surface area contributed by atoms with E-state index in [1.807, 2.05) is 31.2 Å². The summed E-state index contributed by atoms with van der Waals surface area (Å²) >= 11 is 5.94. The second-order valence-electron chi connectivity index (χ2n) is 10.5. The molecular weight excluding hydrogens is 575 g/mol. The summed E-state index contributed by atoms with van der Waals surface area (Å²) in [6, 6.07) is 13.1. The predicted molar refractivity (Wildman–Crippen MR) is 159 cm³/mol. The number of rotatable bonds is 5. The molecule has 43 heavy (non-hydrogen) atoms. The van der Waals surface area contributed by atoms with Crippen molar-refractivity contribution in [1.82, 2.24) is 15.5 Å². The highest BCUT2D eigenvalue weighted by molar-refractivity contribution is 6.31. The number of hydrogen-bond acceptors (Lipinski definition) is 7. The third kappa shape index (κ3) is 6.44. The maximum atomic E-state index is 14.7. The number of carbonyl (C=O) groups excluding carboxylic acids is 3. The van der Waals surface area contributed by atoms with Crippen molar-refractivity contribution in [3.05, 3.63) is 88.1 Å². The largest absolute Gasteiger partial charge is 0.469 e. The Labute approximate surface area is 252 Å². The van der Waals surface area contributed by atoms with Gasteiger partial charge in [-0.15, -0.1) is 0 Å². The van der Waals surface area contributed by atoms with Crippen molar-refractivity contribution >= 4 is 35.1 Å². The minimum absolute atomic E-state index is 0.0212. The van der Waals surface area contributed by atoms with Gasteiger partial charge in [0, 0.05) is 28.9 Å². The Bertz CT molecular complexity index is 1710. The van der Waals surface area contributed by atoms with E-state index in [9.17, 15) is 18.8 Å². The van der Waals surface area contributed by atoms with Gasteiger partial charge in [0.05, 0.1) is 35.9 Å². The average molecular weight is 605 g/mol. The fraction of sp³-hybridized carbons (Fsp3) is 0.281. The van der Waals surface area contributed by atoms with Crippen LogP contribution in [-0.2, 0) is 20.7 Å². The Morgan fingerprint density at radius 3 is 2.77 bits per heavy atom. The second-order valence-corrected chi connectivity index (χ2v) is 10.9. The molecule has 1 aliphatic rings. The zero-order valence-electron chi connectivity index (χ0n) is 23.9. The minimum Gasteiger partial charge on any atom is -0.469 e. The summed E-state index contributed by atoms with van der Waals surface area (Å²) in [4.78, 5) is 43.0. The van der Waals surface area contributed by atoms with E-state index >= 15 is 0 Å². The van der Waals surface area contributed by atoms with E-state index in [1.54, 1.807) is 25.3 Å². The van der Waals surface area contributed by atoms with Crippen LogP contribution in [-0.4, -0.2) is 35.0 Å². The molecule has 2 amide bonds. The minimum atomic E-state index is -0.661. The lowest BCUT2D eigenvalue weighted by Crippen LogP contribution is -2.30. The molecule has 2 aromatic heterocycles. The van der Waals surface area contributed by atoms with E-state index in [2.05, 4.69) is 20.8 Å². The number of esters is 1. The maximum Gasteiger partial charge on any atom is 0.309 e. The van der Waals surface area contributed by atoms with E-state index in [0.29, 0.717) is 41.8 Å². The molecule has 0 unspecified atom stereocenters. The van der Waals surface area contributed by atoms with Crippen molar-refractivity contribution < 1.29 is 28.0 Å². The molecule has 0 radical (unpaired) electrons. The van der Waals surface area contributed by atoms with Gasteiger partial charge in [0.15, 0.2) is 17.3 Å². The van der Waals surface area contributed by atoms with Gasteiger partial charge in [0.2, 0.25) is 5.91 Å². The van der Waals surface area contributed by atoms with Crippen molar-refractivity contribution in [3.63, 3.8) is 0 Å². The summed E-state index contributed by atoms with van der Waals surface area (Å²) in [5, 5.41) is 9.93. The van der Waals surface area contributed by atoms with E-state index < -0.39 is 17.8 Å². The van der Waals surface area contributed by atoms with E-state index in [4.69, 9.17) is 20.9 Å². The van der Waals surface area contributed by atoms with Gasteiger partial charge in [-0.1, -0.05) is 48.3 Å². The molecule has 4 aromatic rings. The third-order valence-electron chi connectivity index (χ3n) is 7.59. The lowest BCUT2D eigenvalue weighted by atomic mass is 9.94. The van der Waals surface area contributed by atoms with Crippen molar-refractivity contribution in [2.45, 2.75) is 45.6 Å². The lowest BCUT2D eigenvalue weighted by Gasteiger charge is -2.22. The van der Waals surface area contributed by atoms with Crippen LogP contribution >= 0.6 is 11.6 Å². The molecule has 11 heteroatoms. The number of ether oxygens (including phenoxy) is 1. The Morgan fingerprint density at radius 1 is 1.16 bits per heavy atom. The number of halogens is 2. The molecule has 2 N–H and O–H groups in total. The van der Waals surface area contributed by atoms with Crippen LogP contribution in [0.1, 0.15) is 59.5 Å². The molecule has 9 nitrogen and oxygen atoms in total. The van der Waals surface area contributed by atoms with Crippen LogP contribution < -0.4 is 10.6 Å². The van der Waals surface area contributed by atoms with Crippen LogP contribution in [0.3, 0.4) is 0 Å². The molecule has 0 saturated carbocycles. The van der Waals surface area contributed by atoms with Gasteiger partial charge in [0.1, 0.15) is 0 Å². The molecule has 3 heterocycles. The Hall–Kier alpha value is -4.57. The van der Waals surface area contributed by atoms with Gasteiger partial charge >= 0.3 is 5.97 Å². The van der Waals surface area contributed by atoms with Gasteiger partial charge in [-0.3, -0.25) is 19.4 Å². The predicted octanol–water partition coefficient (Wildman–Crippen LogP) is 6.45. The average Bonchev–Trinajstić information content (AvgIpc) is 3.38. The summed E-state index contributed by atoms with van der Waals surface area (Å²) in [5.74, 6) is -1.89. The monoisotopic (exact) mass is 604 g/mol. The molecule has 0 fully saturated rings. The first kappa shape index (κ1) is 29.9. The fourth-order valence-electron chi connectivity index (χ4n) is 5.12. The van der Waals surface area contributed by atoms with Gasteiger partial charge in [-0.05, 0) is 61.2 Å². The van der Waals surface area contributed by atoms with Gasteiger partial charge in [0.25, 0.3) is 5.91 Å². The zero-order valence-corrected chi connectivity index (χ0v) is 24.6. The summed E-state index contributed by atoms with van der Waals surface area (Å²) in [6.45, 7) is 3.48. The zero-order chi connectivity index (χ0) is 30.7. The number of benzene rings is 2. The van der Waals surface area contributed by atoms with E-state index in [1.165, 1.54) is 19.2 Å². The number of pyridine rings is 1. The van der Waals surface area contributed by atoms with Crippen LogP contribution in [0.5, 0.6) is 0 Å². The fourth-order valence-corrected chi connectivity index (χ4v) is 5.29. The normalized spacial score (nSPS) is 16.7. The quantitative estimate of drug-likeness (QED) is 0.251. The van der Waals surface area contributed by atoms with Crippen LogP contribution in [0.25, 0.3) is 22.5 Å². The molecule has 222 valence electrons. The maximum absolute atomic E-state index is 14.7. The van der Waals surface area contributed by atoms with Crippen molar-refractivity contribution in [2.24, 2.45) is 5.92 Å². The van der Waals surface area contributed by atoms with Crippen molar-refractivity contribution in [2.75, 3.05) is 12.4 Å². The van der Waals surface area contributed by atoms with Crippen LogP contribution in [0.4, 0.5) is 10.1 Å². The molecule has 2 aromatic carbocycles. The Morgan fingerprint density at radius 2 is 1.98 bits per heavy atom. The number of nitrogens with one attached hydrogen (secondary N) is 2. The highest BCUT2D eigenvalue weighted by Gasteiger charge is 2.26. The molecule has 2 atom stereocenters. The summed E-state index contributed by atoms with van der Waals surface area (Å²) in [5.41, 5.74) is 3.90. The van der Waals surface area contributed by atoms with Crippen LogP contribution in [0, 0.1) is 18.7 Å². The molecule has 0 saturated heterocycles. The van der Waals surface area contributed by atoms with Crippen LogP contribution in [0.15, 0.2) is 59.3 Å². The van der Waals surface area contributed by atoms with E-state index in [0.717, 1.165) is 11.1 Å². The first-order chi connectivity index (χ1) is 20.7. The summed E-state index contributed by atoms with van der Waals surface area (Å²) < 4.78 is 24.9. The summed E-state index contributed by atoms with van der Waals surface area (Å²) in [7, 11) is 1.33. The molecule has 0 aliphatic carbocycles. The number of fused-ring (bicyclic) bond motifs is 4. The second kappa shape index (κ2) is 12.7. The number of nitrogens with zero attached hydrogens (tertiary/aromatic N) is 2. The molecular formula is C32H30ClFN4O5. The number of hydrogen-bond donors (Lipinski definition) is 2. The van der Waals surface area contributed by atoms with Crippen molar-refractivity contribution in [1.29, 1.82) is 0 Å². The van der Waals surface area contributed by atoms with Crippen molar-refractivity contribution in [3.8, 4) is 22.5 Å². The third-order valence-corrected chi connectivity index (χ3v) is 7.88. The van der Waals surface area contributed by atoms with Gasteiger partial charge in [-0.2, -0.15) is 0 Å². The first-order valence-electron chi connectivity index (χ1n) is 13.8. The lowest BCUT2D eigenvalue weighted by molar-refractivity contribution is -0.139. The number of carbonyl (C=O) groups is 3.